The maximum atomic E-state index is 2.75. The molecule has 2 aliphatic heterocycles. The van der Waals surface area contributed by atoms with Gasteiger partial charge < -0.3 is 0 Å². The lowest BCUT2D eigenvalue weighted by Gasteiger charge is -2.60. The molecule has 0 aromatic heterocycles. The molecule has 5 rings (SSSR count). The summed E-state index contributed by atoms with van der Waals surface area (Å²) in [4.78, 5) is 0. The molecule has 1 radical (unpaired) electrons. The fraction of sp³-hybridized carbons (Fsp3) is 0.889. The van der Waals surface area contributed by atoms with E-state index in [0.29, 0.717) is 5.41 Å². The van der Waals surface area contributed by atoms with Gasteiger partial charge in [-0.2, -0.15) is 0 Å². The van der Waals surface area contributed by atoms with Crippen molar-refractivity contribution in [2.24, 2.45) is 29.1 Å². The Bertz CT molecular complexity index is 408. The second-order valence-corrected chi connectivity index (χ2v) is 8.46. The van der Waals surface area contributed by atoms with E-state index >= 15 is 0 Å². The summed E-state index contributed by atoms with van der Waals surface area (Å²) in [6, 6.07) is 0. The highest BCUT2D eigenvalue weighted by Gasteiger charge is 2.54. The zero-order valence-electron chi connectivity index (χ0n) is 12.9. The van der Waals surface area contributed by atoms with Crippen molar-refractivity contribution >= 4 is 7.28 Å². The van der Waals surface area contributed by atoms with Crippen LogP contribution in [0.4, 0.5) is 0 Å². The van der Waals surface area contributed by atoms with E-state index in [9.17, 15) is 0 Å². The molecule has 4 bridgehead atoms. The third-order valence-corrected chi connectivity index (χ3v) is 7.37. The summed E-state index contributed by atoms with van der Waals surface area (Å²) in [6.07, 6.45) is 11.6. The Morgan fingerprint density at radius 1 is 1.16 bits per heavy atom. The van der Waals surface area contributed by atoms with Crippen LogP contribution in [-0.2, 0) is 0 Å². The van der Waals surface area contributed by atoms with Crippen LogP contribution in [0.3, 0.4) is 0 Å². The summed E-state index contributed by atoms with van der Waals surface area (Å²) in [5.41, 5.74) is 2.47. The molecule has 2 saturated heterocycles. The zero-order chi connectivity index (χ0) is 13.2. The molecule has 19 heavy (non-hydrogen) atoms. The largest absolute Gasteiger partial charge is 0.118 e. The van der Waals surface area contributed by atoms with Crippen LogP contribution in [0.1, 0.15) is 59.3 Å². The molecule has 2 heterocycles. The molecule has 1 saturated carbocycles. The Morgan fingerprint density at radius 2 is 2.00 bits per heavy atom. The quantitative estimate of drug-likeness (QED) is 0.451. The molecule has 5 aliphatic rings. The van der Waals surface area contributed by atoms with Crippen LogP contribution in [0, 0.1) is 29.1 Å². The summed E-state index contributed by atoms with van der Waals surface area (Å²) < 4.78 is 0. The molecule has 6 unspecified atom stereocenters. The van der Waals surface area contributed by atoms with Crippen molar-refractivity contribution in [2.45, 2.75) is 70.9 Å². The van der Waals surface area contributed by atoms with E-state index in [1.54, 1.807) is 0 Å². The molecule has 0 amide bonds. The lowest BCUT2D eigenvalue weighted by molar-refractivity contribution is -0.0357. The van der Waals surface area contributed by atoms with Gasteiger partial charge in [0.1, 0.15) is 7.28 Å². The normalized spacial score (nSPS) is 50.8. The van der Waals surface area contributed by atoms with Crippen LogP contribution in [0.2, 0.25) is 11.6 Å². The molecule has 103 valence electrons. The van der Waals surface area contributed by atoms with Crippen LogP contribution in [-0.4, -0.2) is 7.28 Å². The summed E-state index contributed by atoms with van der Waals surface area (Å²) >= 11 is 0. The summed E-state index contributed by atoms with van der Waals surface area (Å²) in [5.74, 6) is 5.55. The molecule has 3 fully saturated rings. The number of hydrogen-bond acceptors (Lipinski definition) is 0. The molecule has 0 spiro atoms. The maximum absolute atomic E-state index is 2.75. The van der Waals surface area contributed by atoms with E-state index in [1.807, 2.05) is 5.57 Å². The molecule has 6 atom stereocenters. The Morgan fingerprint density at radius 3 is 2.74 bits per heavy atom. The SMILES string of the molecule is CC1C(C2CCC3[B]C2CCC3)=CC2CC1C2(C)C. The van der Waals surface area contributed by atoms with Gasteiger partial charge in [-0.3, -0.25) is 0 Å². The molecule has 0 aromatic carbocycles. The highest BCUT2D eigenvalue weighted by molar-refractivity contribution is 6.40. The van der Waals surface area contributed by atoms with E-state index < -0.39 is 0 Å². The first-order valence-electron chi connectivity index (χ1n) is 8.64. The topological polar surface area (TPSA) is 0 Å². The number of fused-ring (bicyclic) bond motifs is 3. The van der Waals surface area contributed by atoms with Crippen LogP contribution in [0.5, 0.6) is 0 Å². The van der Waals surface area contributed by atoms with Crippen molar-refractivity contribution < 1.29 is 0 Å². The van der Waals surface area contributed by atoms with Gasteiger partial charge in [0.2, 0.25) is 0 Å². The minimum atomic E-state index is 0.594. The van der Waals surface area contributed by atoms with Crippen molar-refractivity contribution in [2.75, 3.05) is 0 Å². The fourth-order valence-electron chi connectivity index (χ4n) is 5.96. The first-order chi connectivity index (χ1) is 9.07. The zero-order valence-corrected chi connectivity index (χ0v) is 12.9. The van der Waals surface area contributed by atoms with E-state index in [2.05, 4.69) is 34.1 Å². The molecule has 0 N–H and O–H groups in total. The minimum absolute atomic E-state index is 0.594. The van der Waals surface area contributed by atoms with Crippen LogP contribution < -0.4 is 0 Å². The average Bonchev–Trinajstić information content (AvgIpc) is 2.39. The first kappa shape index (κ1) is 12.5. The Balaban J connectivity index is 1.59. The first-order valence-corrected chi connectivity index (χ1v) is 8.64. The molecular formula is C18H28B. The highest BCUT2D eigenvalue weighted by Crippen LogP contribution is 2.63. The second-order valence-electron chi connectivity index (χ2n) is 8.46. The van der Waals surface area contributed by atoms with Gasteiger partial charge in [0.25, 0.3) is 0 Å². The number of rotatable bonds is 1. The van der Waals surface area contributed by atoms with E-state index in [4.69, 9.17) is 0 Å². The lowest BCUT2D eigenvalue weighted by atomic mass is 9.38. The van der Waals surface area contributed by atoms with Crippen molar-refractivity contribution in [3.8, 4) is 0 Å². The van der Waals surface area contributed by atoms with Gasteiger partial charge in [0, 0.05) is 0 Å². The molecule has 3 aliphatic carbocycles. The highest BCUT2D eigenvalue weighted by atomic mass is 14.6. The third-order valence-electron chi connectivity index (χ3n) is 7.37. The Hall–Kier alpha value is -0.195. The van der Waals surface area contributed by atoms with Crippen molar-refractivity contribution in [1.82, 2.24) is 0 Å². The monoisotopic (exact) mass is 255 g/mol. The van der Waals surface area contributed by atoms with Gasteiger partial charge in [-0.15, -0.1) is 0 Å². The minimum Gasteiger partial charge on any atom is -0.0811 e. The molecule has 0 aromatic rings. The Labute approximate surface area is 119 Å². The van der Waals surface area contributed by atoms with Gasteiger partial charge in [0.15, 0.2) is 0 Å². The smallest absolute Gasteiger partial charge is 0.0811 e. The fourth-order valence-corrected chi connectivity index (χ4v) is 5.96. The number of allylic oxidation sites excluding steroid dienone is 2. The van der Waals surface area contributed by atoms with E-state index in [0.717, 1.165) is 35.3 Å². The average molecular weight is 255 g/mol. The second kappa shape index (κ2) is 4.15. The van der Waals surface area contributed by atoms with E-state index in [-0.39, 0.29) is 0 Å². The van der Waals surface area contributed by atoms with Crippen molar-refractivity contribution in [1.29, 1.82) is 0 Å². The molecular weight excluding hydrogens is 227 g/mol. The third kappa shape index (κ3) is 1.72. The van der Waals surface area contributed by atoms with Crippen LogP contribution in [0.15, 0.2) is 11.6 Å². The molecule has 0 nitrogen and oxygen atoms in total. The predicted molar refractivity (Wildman–Crippen MR) is 82.5 cm³/mol. The van der Waals surface area contributed by atoms with Crippen LogP contribution >= 0.6 is 0 Å². The molecule has 1 heteroatoms. The van der Waals surface area contributed by atoms with Crippen LogP contribution in [0.25, 0.3) is 0 Å². The van der Waals surface area contributed by atoms with E-state index in [1.165, 1.54) is 38.5 Å². The van der Waals surface area contributed by atoms with Gasteiger partial charge >= 0.3 is 0 Å². The van der Waals surface area contributed by atoms with Gasteiger partial charge in [-0.05, 0) is 41.9 Å². The summed E-state index contributed by atoms with van der Waals surface area (Å²) in [5, 5.41) is 0. The standard InChI is InChI=1S/C18H28B/c1-11-15(9-12-10-16(11)18(12,2)3)14-8-7-13-5-4-6-17(14)19-13/h9,11-14,16-17H,4-8,10H2,1-3H3. The van der Waals surface area contributed by atoms with Gasteiger partial charge in [0.05, 0.1) is 0 Å². The van der Waals surface area contributed by atoms with Gasteiger partial charge in [-0.1, -0.05) is 69.7 Å². The lowest BCUT2D eigenvalue weighted by Crippen LogP contribution is -2.52. The van der Waals surface area contributed by atoms with Crippen molar-refractivity contribution in [3.63, 3.8) is 0 Å². The summed E-state index contributed by atoms with van der Waals surface area (Å²) in [6.45, 7) is 7.53. The van der Waals surface area contributed by atoms with Crippen molar-refractivity contribution in [3.05, 3.63) is 11.6 Å². The van der Waals surface area contributed by atoms with Gasteiger partial charge in [-0.25, -0.2) is 0 Å². The summed E-state index contributed by atoms with van der Waals surface area (Å²) in [7, 11) is 2.75. The Kier molecular flexibility index (Phi) is 2.74. The predicted octanol–water partition coefficient (Wildman–Crippen LogP) is 5.10. The maximum Gasteiger partial charge on any atom is 0.118 e. The number of hydrogen-bond donors (Lipinski definition) is 0.